The summed E-state index contributed by atoms with van der Waals surface area (Å²) in [5.41, 5.74) is -0.445. The number of rotatable bonds is 6. The summed E-state index contributed by atoms with van der Waals surface area (Å²) in [5, 5.41) is 2.46. The van der Waals surface area contributed by atoms with Crippen LogP contribution in [0.4, 0.5) is 24.5 Å². The van der Waals surface area contributed by atoms with Crippen LogP contribution in [0.2, 0.25) is 15.1 Å². The number of anilines is 2. The van der Waals surface area contributed by atoms with Crippen LogP contribution in [0.15, 0.2) is 60.7 Å². The van der Waals surface area contributed by atoms with Crippen molar-refractivity contribution in [3.8, 4) is 0 Å². The van der Waals surface area contributed by atoms with E-state index in [1.165, 1.54) is 30.3 Å². The average molecular weight is 552 g/mol. The van der Waals surface area contributed by atoms with Crippen LogP contribution in [0.3, 0.4) is 0 Å². The van der Waals surface area contributed by atoms with Gasteiger partial charge in [0, 0.05) is 26.9 Å². The third kappa shape index (κ3) is 6.15. The highest BCUT2D eigenvalue weighted by Gasteiger charge is 2.33. The summed E-state index contributed by atoms with van der Waals surface area (Å²) in [6.45, 7) is -0.145. The van der Waals surface area contributed by atoms with Gasteiger partial charge in [0.2, 0.25) is 10.0 Å². The zero-order chi connectivity index (χ0) is 25.3. The Morgan fingerprint density at radius 2 is 1.53 bits per heavy atom. The number of carbonyl (C=O) groups excluding carboxylic acids is 1. The molecule has 3 rings (SSSR count). The molecule has 0 aliphatic heterocycles. The van der Waals surface area contributed by atoms with Gasteiger partial charge in [-0.25, -0.2) is 8.42 Å². The highest BCUT2D eigenvalue weighted by atomic mass is 35.5. The Labute approximate surface area is 209 Å². The quantitative estimate of drug-likeness (QED) is 0.363. The zero-order valence-electron chi connectivity index (χ0n) is 17.3. The summed E-state index contributed by atoms with van der Waals surface area (Å²) in [6, 6.07) is 13.3. The second-order valence-electron chi connectivity index (χ2n) is 7.16. The van der Waals surface area contributed by atoms with Gasteiger partial charge in [0.25, 0.3) is 5.91 Å². The summed E-state index contributed by atoms with van der Waals surface area (Å²) in [5.74, 6) is -0.693. The SMILES string of the molecule is CS(=O)(=O)N(Cc1c(Cl)cccc1Cl)c1ccc(C(=O)Nc2ccc(Cl)c(C(F)(F)F)c2)cc1. The maximum Gasteiger partial charge on any atom is 0.417 e. The minimum absolute atomic E-state index is 0.0940. The fourth-order valence-corrected chi connectivity index (χ4v) is 4.64. The number of nitrogens with one attached hydrogen (secondary N) is 1. The van der Waals surface area contributed by atoms with Crippen LogP contribution in [0.25, 0.3) is 0 Å². The molecule has 0 radical (unpaired) electrons. The van der Waals surface area contributed by atoms with E-state index >= 15 is 0 Å². The van der Waals surface area contributed by atoms with Gasteiger partial charge in [-0.3, -0.25) is 9.10 Å². The van der Waals surface area contributed by atoms with Crippen molar-refractivity contribution < 1.29 is 26.4 Å². The van der Waals surface area contributed by atoms with Crippen LogP contribution in [-0.4, -0.2) is 20.6 Å². The zero-order valence-corrected chi connectivity index (χ0v) is 20.4. The molecule has 0 unspecified atom stereocenters. The molecule has 0 aromatic heterocycles. The minimum atomic E-state index is -4.68. The molecule has 34 heavy (non-hydrogen) atoms. The molecule has 1 amide bonds. The number of nitrogens with zero attached hydrogens (tertiary/aromatic N) is 1. The Hall–Kier alpha value is -2.46. The van der Waals surface area contributed by atoms with Gasteiger partial charge in [0.15, 0.2) is 0 Å². The van der Waals surface area contributed by atoms with Crippen LogP contribution in [-0.2, 0) is 22.7 Å². The van der Waals surface area contributed by atoms with E-state index in [2.05, 4.69) is 5.32 Å². The number of halogens is 6. The summed E-state index contributed by atoms with van der Waals surface area (Å²) < 4.78 is 65.0. The first-order valence-electron chi connectivity index (χ1n) is 9.46. The van der Waals surface area contributed by atoms with Crippen molar-refractivity contribution in [2.24, 2.45) is 0 Å². The molecule has 1 N–H and O–H groups in total. The van der Waals surface area contributed by atoms with Crippen molar-refractivity contribution in [1.82, 2.24) is 0 Å². The average Bonchev–Trinajstić information content (AvgIpc) is 2.73. The molecule has 0 fully saturated rings. The molecular formula is C22H16Cl3F3N2O3S. The van der Waals surface area contributed by atoms with Gasteiger partial charge >= 0.3 is 6.18 Å². The monoisotopic (exact) mass is 550 g/mol. The van der Waals surface area contributed by atoms with Crippen molar-refractivity contribution in [3.05, 3.63) is 92.4 Å². The molecule has 0 atom stereocenters. The lowest BCUT2D eigenvalue weighted by atomic mass is 10.1. The molecular weight excluding hydrogens is 536 g/mol. The summed E-state index contributed by atoms with van der Waals surface area (Å²) >= 11 is 17.9. The number of sulfonamides is 1. The first-order valence-corrected chi connectivity index (χ1v) is 12.4. The van der Waals surface area contributed by atoms with E-state index in [9.17, 15) is 26.4 Å². The second-order valence-corrected chi connectivity index (χ2v) is 10.3. The number of hydrogen-bond acceptors (Lipinski definition) is 3. The number of carbonyl (C=O) groups is 1. The fraction of sp³-hybridized carbons (Fsp3) is 0.136. The van der Waals surface area contributed by atoms with Gasteiger partial charge < -0.3 is 5.32 Å². The molecule has 3 aromatic rings. The third-order valence-electron chi connectivity index (χ3n) is 4.71. The molecule has 0 aliphatic carbocycles. The van der Waals surface area contributed by atoms with Crippen LogP contribution in [0.1, 0.15) is 21.5 Å². The predicted octanol–water partition coefficient (Wildman–Crippen LogP) is 6.88. The van der Waals surface area contributed by atoms with Crippen molar-refractivity contribution in [1.29, 1.82) is 0 Å². The maximum atomic E-state index is 13.0. The van der Waals surface area contributed by atoms with Crippen molar-refractivity contribution in [3.63, 3.8) is 0 Å². The molecule has 0 spiro atoms. The van der Waals surface area contributed by atoms with E-state index in [0.717, 1.165) is 22.7 Å². The van der Waals surface area contributed by atoms with Crippen LogP contribution in [0, 0.1) is 0 Å². The highest BCUT2D eigenvalue weighted by molar-refractivity contribution is 7.92. The third-order valence-corrected chi connectivity index (χ3v) is 6.89. The molecule has 3 aromatic carbocycles. The van der Waals surface area contributed by atoms with Crippen molar-refractivity contribution in [2.75, 3.05) is 15.9 Å². The summed E-state index contributed by atoms with van der Waals surface area (Å²) in [6.07, 6.45) is -3.67. The van der Waals surface area contributed by atoms with Crippen molar-refractivity contribution >= 4 is 62.1 Å². The lowest BCUT2D eigenvalue weighted by Crippen LogP contribution is -2.29. The molecule has 0 bridgehead atoms. The van der Waals surface area contributed by atoms with E-state index < -0.39 is 32.7 Å². The standard InChI is InChI=1S/C22H16Cl3F3N2O3S/c1-34(32,33)30(12-16-18(23)3-2-4-19(16)24)15-8-5-13(6-9-15)21(31)29-14-7-10-20(25)17(11-14)22(26,27)28/h2-11H,12H2,1H3,(H,29,31). The van der Waals surface area contributed by atoms with E-state index in [-0.39, 0.29) is 23.5 Å². The second kappa shape index (κ2) is 10.0. The fourth-order valence-electron chi connectivity index (χ4n) is 3.03. The van der Waals surface area contributed by atoms with E-state index in [0.29, 0.717) is 15.6 Å². The minimum Gasteiger partial charge on any atom is -0.322 e. The Balaban J connectivity index is 1.85. The predicted molar refractivity (Wildman–Crippen MR) is 128 cm³/mol. The molecule has 5 nitrogen and oxygen atoms in total. The van der Waals surface area contributed by atoms with E-state index in [1.807, 2.05) is 0 Å². The van der Waals surface area contributed by atoms with Gasteiger partial charge in [-0.2, -0.15) is 13.2 Å². The normalized spacial score (nSPS) is 11.9. The molecule has 12 heteroatoms. The lowest BCUT2D eigenvalue weighted by molar-refractivity contribution is -0.137. The van der Waals surface area contributed by atoms with Gasteiger partial charge in [-0.1, -0.05) is 40.9 Å². The smallest absolute Gasteiger partial charge is 0.322 e. The topological polar surface area (TPSA) is 66.5 Å². The molecule has 180 valence electrons. The van der Waals surface area contributed by atoms with Crippen LogP contribution >= 0.6 is 34.8 Å². The number of hydrogen-bond donors (Lipinski definition) is 1. The number of alkyl halides is 3. The van der Waals surface area contributed by atoms with E-state index in [4.69, 9.17) is 34.8 Å². The van der Waals surface area contributed by atoms with E-state index in [1.54, 1.807) is 18.2 Å². The van der Waals surface area contributed by atoms with Gasteiger partial charge in [0.1, 0.15) is 0 Å². The Bertz CT molecular complexity index is 1310. The molecule has 0 saturated carbocycles. The lowest BCUT2D eigenvalue weighted by Gasteiger charge is -2.23. The van der Waals surface area contributed by atoms with Gasteiger partial charge in [-0.05, 0) is 54.6 Å². The number of benzene rings is 3. The largest absolute Gasteiger partial charge is 0.417 e. The Kier molecular flexibility index (Phi) is 7.72. The maximum absolute atomic E-state index is 13.0. The summed E-state index contributed by atoms with van der Waals surface area (Å²) in [4.78, 5) is 12.5. The molecule has 0 aliphatic rings. The van der Waals surface area contributed by atoms with Crippen molar-refractivity contribution in [2.45, 2.75) is 12.7 Å². The molecule has 0 saturated heterocycles. The van der Waals surface area contributed by atoms with Crippen LogP contribution in [0.5, 0.6) is 0 Å². The van der Waals surface area contributed by atoms with Gasteiger partial charge in [-0.15, -0.1) is 0 Å². The Morgan fingerprint density at radius 1 is 0.941 bits per heavy atom. The Morgan fingerprint density at radius 3 is 2.06 bits per heavy atom. The van der Waals surface area contributed by atoms with Crippen LogP contribution < -0.4 is 9.62 Å². The molecule has 0 heterocycles. The van der Waals surface area contributed by atoms with Gasteiger partial charge in [0.05, 0.1) is 29.1 Å². The highest BCUT2D eigenvalue weighted by Crippen LogP contribution is 2.36. The summed E-state index contributed by atoms with van der Waals surface area (Å²) in [7, 11) is -3.76. The number of amides is 1. The first-order chi connectivity index (χ1) is 15.8. The first kappa shape index (κ1) is 26.2.